The second-order valence-corrected chi connectivity index (χ2v) is 9.68. The molecule has 4 heterocycles. The number of rotatable bonds is 5. The van der Waals surface area contributed by atoms with E-state index in [0.717, 1.165) is 59.5 Å². The molecule has 1 saturated heterocycles. The van der Waals surface area contributed by atoms with Crippen LogP contribution < -0.4 is 4.90 Å². The minimum Gasteiger partial charge on any atom is -0.371 e. The molecule has 2 aromatic carbocycles. The number of hydrogen-bond acceptors (Lipinski definition) is 6. The minimum atomic E-state index is -0.162. The number of nitrogens with one attached hydrogen (secondary N) is 1. The Morgan fingerprint density at radius 1 is 1.00 bits per heavy atom. The Labute approximate surface area is 209 Å². The Morgan fingerprint density at radius 3 is 2.61 bits per heavy atom. The lowest BCUT2D eigenvalue weighted by Gasteiger charge is -2.36. The lowest BCUT2D eigenvalue weighted by Crippen LogP contribution is -2.41. The van der Waals surface area contributed by atoms with E-state index in [1.165, 1.54) is 0 Å². The molecule has 1 aliphatic rings. The molecule has 0 amide bonds. The molecule has 1 fully saturated rings. The molecule has 0 spiro atoms. The monoisotopic (exact) mass is 479 g/mol. The first-order valence-electron chi connectivity index (χ1n) is 12.3. The van der Waals surface area contributed by atoms with Crippen molar-refractivity contribution in [3.05, 3.63) is 78.0 Å². The van der Waals surface area contributed by atoms with E-state index in [-0.39, 0.29) is 5.78 Å². The Kier molecular flexibility index (Phi) is 5.53. The first-order chi connectivity index (χ1) is 17.5. The van der Waals surface area contributed by atoms with Crippen LogP contribution in [-0.2, 0) is 0 Å². The van der Waals surface area contributed by atoms with Crippen molar-refractivity contribution in [2.24, 2.45) is 0 Å². The summed E-state index contributed by atoms with van der Waals surface area (Å²) in [5.41, 5.74) is 5.20. The van der Waals surface area contributed by atoms with E-state index in [4.69, 9.17) is 0 Å². The first-order valence-corrected chi connectivity index (χ1v) is 12.3. The van der Waals surface area contributed by atoms with Crippen molar-refractivity contribution in [2.45, 2.75) is 25.8 Å². The summed E-state index contributed by atoms with van der Waals surface area (Å²) in [5.74, 6) is 1.65. The van der Waals surface area contributed by atoms with Crippen molar-refractivity contribution >= 4 is 33.5 Å². The number of aromatic amines is 1. The van der Waals surface area contributed by atoms with Gasteiger partial charge in [0, 0.05) is 36.6 Å². The normalized spacial score (nSPS) is 14.8. The van der Waals surface area contributed by atoms with Gasteiger partial charge in [0.25, 0.3) is 0 Å². The van der Waals surface area contributed by atoms with Crippen LogP contribution in [0, 0.1) is 6.92 Å². The Bertz CT molecular complexity index is 1570. The highest BCUT2D eigenvalue weighted by molar-refractivity contribution is 6.08. The zero-order valence-corrected chi connectivity index (χ0v) is 20.8. The zero-order valence-electron chi connectivity index (χ0n) is 20.8. The number of pyridine rings is 1. The Morgan fingerprint density at radius 2 is 1.81 bits per heavy atom. The van der Waals surface area contributed by atoms with Gasteiger partial charge in [-0.25, -0.2) is 15.0 Å². The molecule has 36 heavy (non-hydrogen) atoms. The van der Waals surface area contributed by atoms with E-state index in [1.54, 1.807) is 18.3 Å². The quantitative estimate of drug-likeness (QED) is 0.377. The van der Waals surface area contributed by atoms with Gasteiger partial charge in [-0.1, -0.05) is 12.1 Å². The average molecular weight is 480 g/mol. The SMILES string of the molecule is Cc1nc2ccccc2n1-c1cc(C(=O)c2nc3ccc(N4CCC(N(C)C)CC4)cc3[nH]2)ccn1. The fraction of sp³-hybridized carbons (Fsp3) is 0.286. The molecule has 6 rings (SSSR count). The fourth-order valence-electron chi connectivity index (χ4n) is 5.20. The predicted molar refractivity (Wildman–Crippen MR) is 142 cm³/mol. The minimum absolute atomic E-state index is 0.162. The van der Waals surface area contributed by atoms with Crippen molar-refractivity contribution in [1.82, 2.24) is 29.4 Å². The summed E-state index contributed by atoms with van der Waals surface area (Å²) >= 11 is 0. The molecule has 5 aromatic rings. The molecule has 1 aliphatic heterocycles. The van der Waals surface area contributed by atoms with Gasteiger partial charge in [-0.3, -0.25) is 9.36 Å². The van der Waals surface area contributed by atoms with Crippen LogP contribution in [0.3, 0.4) is 0 Å². The summed E-state index contributed by atoms with van der Waals surface area (Å²) in [4.78, 5) is 35.1. The summed E-state index contributed by atoms with van der Waals surface area (Å²) < 4.78 is 1.97. The number of anilines is 1. The van der Waals surface area contributed by atoms with Gasteiger partial charge in [0.2, 0.25) is 5.78 Å². The largest absolute Gasteiger partial charge is 0.371 e. The van der Waals surface area contributed by atoms with Crippen LogP contribution in [0.15, 0.2) is 60.8 Å². The highest BCUT2D eigenvalue weighted by Crippen LogP contribution is 2.26. The number of imidazole rings is 2. The van der Waals surface area contributed by atoms with Crippen LogP contribution in [-0.4, -0.2) is 68.4 Å². The number of benzene rings is 2. The number of aromatic nitrogens is 5. The number of para-hydroxylation sites is 2. The highest BCUT2D eigenvalue weighted by atomic mass is 16.1. The number of aryl methyl sites for hydroxylation is 1. The second kappa shape index (κ2) is 8.87. The van der Waals surface area contributed by atoms with E-state index >= 15 is 0 Å². The van der Waals surface area contributed by atoms with E-state index < -0.39 is 0 Å². The van der Waals surface area contributed by atoms with Crippen molar-refractivity contribution in [1.29, 1.82) is 0 Å². The van der Waals surface area contributed by atoms with Gasteiger partial charge >= 0.3 is 0 Å². The smallest absolute Gasteiger partial charge is 0.228 e. The van der Waals surface area contributed by atoms with Crippen LogP contribution >= 0.6 is 0 Å². The van der Waals surface area contributed by atoms with Crippen molar-refractivity contribution in [2.75, 3.05) is 32.1 Å². The summed E-state index contributed by atoms with van der Waals surface area (Å²) in [7, 11) is 4.31. The van der Waals surface area contributed by atoms with E-state index in [1.807, 2.05) is 41.8 Å². The predicted octanol–water partition coefficient (Wildman–Crippen LogP) is 4.37. The maximum atomic E-state index is 13.4. The number of hydrogen-bond donors (Lipinski definition) is 1. The number of H-pyrrole nitrogens is 1. The van der Waals surface area contributed by atoms with Crippen molar-refractivity contribution in [3.63, 3.8) is 0 Å². The third-order valence-electron chi connectivity index (χ3n) is 7.21. The molecule has 3 aromatic heterocycles. The molecule has 8 heteroatoms. The topological polar surface area (TPSA) is 82.9 Å². The lowest BCUT2D eigenvalue weighted by molar-refractivity contribution is 0.103. The summed E-state index contributed by atoms with van der Waals surface area (Å²) in [6, 6.07) is 18.3. The summed E-state index contributed by atoms with van der Waals surface area (Å²) in [5, 5.41) is 0. The molecule has 1 N–H and O–H groups in total. The van der Waals surface area contributed by atoms with Crippen molar-refractivity contribution < 1.29 is 4.79 Å². The third kappa shape index (κ3) is 3.93. The molecule has 0 aliphatic carbocycles. The van der Waals surface area contributed by atoms with Crippen LogP contribution in [0.25, 0.3) is 27.9 Å². The third-order valence-corrected chi connectivity index (χ3v) is 7.21. The van der Waals surface area contributed by atoms with Crippen LogP contribution in [0.5, 0.6) is 0 Å². The van der Waals surface area contributed by atoms with Crippen molar-refractivity contribution in [3.8, 4) is 5.82 Å². The molecule has 0 atom stereocenters. The fourth-order valence-corrected chi connectivity index (χ4v) is 5.20. The summed E-state index contributed by atoms with van der Waals surface area (Å²) in [6.07, 6.45) is 3.95. The molecule has 0 bridgehead atoms. The van der Waals surface area contributed by atoms with Gasteiger partial charge < -0.3 is 14.8 Å². The number of piperidine rings is 1. The van der Waals surface area contributed by atoms with Gasteiger partial charge in [-0.05, 0) is 76.3 Å². The number of carbonyl (C=O) groups is 1. The maximum absolute atomic E-state index is 13.4. The Hall–Kier alpha value is -4.04. The lowest BCUT2D eigenvalue weighted by atomic mass is 10.0. The Balaban J connectivity index is 1.28. The van der Waals surface area contributed by atoms with E-state index in [0.29, 0.717) is 23.2 Å². The maximum Gasteiger partial charge on any atom is 0.228 e. The molecule has 0 saturated carbocycles. The van der Waals surface area contributed by atoms with Gasteiger partial charge in [-0.15, -0.1) is 0 Å². The average Bonchev–Trinajstić information content (AvgIpc) is 3.48. The highest BCUT2D eigenvalue weighted by Gasteiger charge is 2.22. The van der Waals surface area contributed by atoms with E-state index in [9.17, 15) is 4.79 Å². The second-order valence-electron chi connectivity index (χ2n) is 9.68. The summed E-state index contributed by atoms with van der Waals surface area (Å²) in [6.45, 7) is 3.99. The zero-order chi connectivity index (χ0) is 24.8. The molecular formula is C28H29N7O. The number of nitrogens with zero attached hydrogens (tertiary/aromatic N) is 6. The van der Waals surface area contributed by atoms with Gasteiger partial charge in [0.15, 0.2) is 5.82 Å². The number of ketones is 1. The standard InChI is InChI=1S/C28H29N7O/c1-18-30-23-6-4-5-7-25(23)35(18)26-16-19(10-13-29-26)27(36)28-31-22-9-8-21(17-24(22)32-28)34-14-11-20(12-15-34)33(2)3/h4-10,13,16-17,20H,11-12,14-15H2,1-3H3,(H,31,32). The molecule has 8 nitrogen and oxygen atoms in total. The van der Waals surface area contributed by atoms with Crippen LogP contribution in [0.4, 0.5) is 5.69 Å². The first kappa shape index (κ1) is 22.4. The van der Waals surface area contributed by atoms with Crippen LogP contribution in [0.1, 0.15) is 34.8 Å². The van der Waals surface area contributed by atoms with Gasteiger partial charge in [0.1, 0.15) is 11.6 Å². The molecule has 0 unspecified atom stereocenters. The van der Waals surface area contributed by atoms with Crippen LogP contribution in [0.2, 0.25) is 0 Å². The van der Waals surface area contributed by atoms with E-state index in [2.05, 4.69) is 56.0 Å². The molecule has 0 radical (unpaired) electrons. The number of fused-ring (bicyclic) bond motifs is 2. The number of carbonyl (C=O) groups excluding carboxylic acids is 1. The van der Waals surface area contributed by atoms with Gasteiger partial charge in [-0.2, -0.15) is 0 Å². The van der Waals surface area contributed by atoms with Gasteiger partial charge in [0.05, 0.1) is 22.1 Å². The molecule has 182 valence electrons. The molecular weight excluding hydrogens is 450 g/mol.